The maximum absolute atomic E-state index is 10.9. The zero-order chi connectivity index (χ0) is 13.7. The summed E-state index contributed by atoms with van der Waals surface area (Å²) >= 11 is 5.76. The largest absolute Gasteiger partial charge is 0.309 e. The van der Waals surface area contributed by atoms with Gasteiger partial charge in [-0.3, -0.25) is 10.1 Å². The average molecular weight is 272 g/mol. The van der Waals surface area contributed by atoms with E-state index in [2.05, 4.69) is 10.2 Å². The molecule has 1 N–H and O–H groups in total. The Kier molecular flexibility index (Phi) is 5.53. The number of likely N-dealkylation sites (N-methyl/N-ethyl adjacent to an activating group) is 1. The fourth-order valence-electron chi connectivity index (χ4n) is 1.75. The molecule has 0 amide bonds. The van der Waals surface area contributed by atoms with Gasteiger partial charge in [0.1, 0.15) is 0 Å². The second-order valence-electron chi connectivity index (χ2n) is 4.57. The molecule has 0 aliphatic heterocycles. The summed E-state index contributed by atoms with van der Waals surface area (Å²) in [6, 6.07) is 5.00. The van der Waals surface area contributed by atoms with Crippen molar-refractivity contribution in [1.82, 2.24) is 10.2 Å². The normalized spacial score (nSPS) is 12.7. The van der Waals surface area contributed by atoms with Gasteiger partial charge in [-0.2, -0.15) is 0 Å². The fraction of sp³-hybridized carbons (Fsp3) is 0.500. The van der Waals surface area contributed by atoms with E-state index in [0.29, 0.717) is 17.1 Å². The number of nitrogens with one attached hydrogen (secondary N) is 1. The number of nitro groups is 1. The minimum absolute atomic E-state index is 0.0621. The van der Waals surface area contributed by atoms with Gasteiger partial charge in [0.25, 0.3) is 5.69 Å². The second-order valence-corrected chi connectivity index (χ2v) is 5.01. The molecular weight excluding hydrogens is 254 g/mol. The van der Waals surface area contributed by atoms with Crippen molar-refractivity contribution in [1.29, 1.82) is 0 Å². The van der Waals surface area contributed by atoms with Gasteiger partial charge in [-0.1, -0.05) is 11.6 Å². The van der Waals surface area contributed by atoms with Crippen molar-refractivity contribution in [2.75, 3.05) is 20.6 Å². The Balaban J connectivity index is 2.70. The lowest BCUT2D eigenvalue weighted by molar-refractivity contribution is -0.385. The number of nitro benzene ring substituents is 1. The number of nitrogens with zero attached hydrogens (tertiary/aromatic N) is 2. The summed E-state index contributed by atoms with van der Waals surface area (Å²) < 4.78 is 0. The van der Waals surface area contributed by atoms with E-state index in [-0.39, 0.29) is 11.7 Å². The van der Waals surface area contributed by atoms with E-state index in [1.807, 2.05) is 21.0 Å². The van der Waals surface area contributed by atoms with Gasteiger partial charge in [0.05, 0.1) is 4.92 Å². The molecule has 5 nitrogen and oxygen atoms in total. The van der Waals surface area contributed by atoms with Crippen molar-refractivity contribution < 1.29 is 4.92 Å². The minimum atomic E-state index is -0.403. The third-order valence-corrected chi connectivity index (χ3v) is 2.76. The predicted molar refractivity (Wildman–Crippen MR) is 73.0 cm³/mol. The maximum atomic E-state index is 10.9. The third-order valence-electron chi connectivity index (χ3n) is 2.52. The smallest absolute Gasteiger partial charge is 0.275 e. The molecule has 0 aliphatic carbocycles. The number of hydrogen-bond donors (Lipinski definition) is 1. The van der Waals surface area contributed by atoms with Crippen molar-refractivity contribution in [3.8, 4) is 0 Å². The summed E-state index contributed by atoms with van der Waals surface area (Å²) in [7, 11) is 3.98. The Hall–Kier alpha value is -1.17. The Morgan fingerprint density at radius 2 is 2.17 bits per heavy atom. The van der Waals surface area contributed by atoms with Crippen molar-refractivity contribution in [3.63, 3.8) is 0 Å². The molecule has 0 heterocycles. The first kappa shape index (κ1) is 14.9. The lowest BCUT2D eigenvalue weighted by atomic mass is 10.1. The first-order valence-corrected chi connectivity index (χ1v) is 6.09. The summed E-state index contributed by atoms with van der Waals surface area (Å²) in [6.45, 7) is 3.38. The van der Waals surface area contributed by atoms with Crippen LogP contribution < -0.4 is 5.32 Å². The number of benzene rings is 1. The zero-order valence-corrected chi connectivity index (χ0v) is 11.6. The molecule has 6 heteroatoms. The molecular formula is C12H18ClN3O2. The molecule has 0 saturated heterocycles. The van der Waals surface area contributed by atoms with E-state index >= 15 is 0 Å². The van der Waals surface area contributed by atoms with Crippen LogP contribution in [0.3, 0.4) is 0 Å². The molecule has 0 aliphatic rings. The van der Waals surface area contributed by atoms with Crippen LogP contribution in [0.4, 0.5) is 5.69 Å². The summed E-state index contributed by atoms with van der Waals surface area (Å²) in [5.41, 5.74) is 0.710. The van der Waals surface area contributed by atoms with Crippen LogP contribution in [-0.2, 0) is 6.54 Å². The molecule has 0 radical (unpaired) electrons. The SMILES string of the molecule is CC(CN(C)C)NCc1ccc(Cl)cc1[N+](=O)[O-]. The van der Waals surface area contributed by atoms with Gasteiger partial charge < -0.3 is 10.2 Å². The van der Waals surface area contributed by atoms with Crippen molar-refractivity contribution in [2.45, 2.75) is 19.5 Å². The molecule has 1 atom stereocenters. The molecule has 18 heavy (non-hydrogen) atoms. The summed E-state index contributed by atoms with van der Waals surface area (Å²) in [5.74, 6) is 0. The molecule has 0 fully saturated rings. The first-order chi connectivity index (χ1) is 8.40. The van der Waals surface area contributed by atoms with Crippen LogP contribution >= 0.6 is 11.6 Å². The van der Waals surface area contributed by atoms with Crippen LogP contribution in [0.25, 0.3) is 0 Å². The Labute approximate surface area is 112 Å². The zero-order valence-electron chi connectivity index (χ0n) is 10.8. The highest BCUT2D eigenvalue weighted by Crippen LogP contribution is 2.23. The van der Waals surface area contributed by atoms with Crippen LogP contribution in [0.5, 0.6) is 0 Å². The van der Waals surface area contributed by atoms with Crippen molar-refractivity contribution in [2.24, 2.45) is 0 Å². The lowest BCUT2D eigenvalue weighted by Crippen LogP contribution is -2.35. The van der Waals surface area contributed by atoms with Gasteiger partial charge in [-0.15, -0.1) is 0 Å². The van der Waals surface area contributed by atoms with E-state index < -0.39 is 4.92 Å². The highest BCUT2D eigenvalue weighted by Gasteiger charge is 2.14. The van der Waals surface area contributed by atoms with Crippen LogP contribution in [-0.4, -0.2) is 36.5 Å². The Morgan fingerprint density at radius 3 is 2.72 bits per heavy atom. The molecule has 0 spiro atoms. The lowest BCUT2D eigenvalue weighted by Gasteiger charge is -2.18. The molecule has 0 saturated carbocycles. The standard InChI is InChI=1S/C12H18ClN3O2/c1-9(8-15(2)3)14-7-10-4-5-11(13)6-12(10)16(17)18/h4-6,9,14H,7-8H2,1-3H3. The highest BCUT2D eigenvalue weighted by atomic mass is 35.5. The fourth-order valence-corrected chi connectivity index (χ4v) is 1.92. The van der Waals surface area contributed by atoms with E-state index in [4.69, 9.17) is 11.6 Å². The Morgan fingerprint density at radius 1 is 1.50 bits per heavy atom. The van der Waals surface area contributed by atoms with Gasteiger partial charge >= 0.3 is 0 Å². The number of halogens is 1. The molecule has 0 aromatic heterocycles. The quantitative estimate of drug-likeness (QED) is 0.637. The van der Waals surface area contributed by atoms with Crippen LogP contribution in [0.2, 0.25) is 5.02 Å². The number of hydrogen-bond acceptors (Lipinski definition) is 4. The molecule has 1 aromatic carbocycles. The van der Waals surface area contributed by atoms with E-state index in [0.717, 1.165) is 6.54 Å². The second kappa shape index (κ2) is 6.68. The van der Waals surface area contributed by atoms with Gasteiger partial charge in [0.15, 0.2) is 0 Å². The monoisotopic (exact) mass is 271 g/mol. The molecule has 1 unspecified atom stereocenters. The Bertz CT molecular complexity index is 424. The van der Waals surface area contributed by atoms with Gasteiger partial charge in [0.2, 0.25) is 0 Å². The molecule has 1 rings (SSSR count). The highest BCUT2D eigenvalue weighted by molar-refractivity contribution is 6.30. The van der Waals surface area contributed by atoms with Gasteiger partial charge in [-0.05, 0) is 33.2 Å². The van der Waals surface area contributed by atoms with Crippen LogP contribution in [0, 0.1) is 10.1 Å². The van der Waals surface area contributed by atoms with Crippen LogP contribution in [0.15, 0.2) is 18.2 Å². The summed E-state index contributed by atoms with van der Waals surface area (Å²) in [5, 5.41) is 14.5. The number of rotatable bonds is 6. The molecule has 100 valence electrons. The predicted octanol–water partition coefficient (Wildman–Crippen LogP) is 2.29. The van der Waals surface area contributed by atoms with E-state index in [1.54, 1.807) is 12.1 Å². The van der Waals surface area contributed by atoms with Gasteiger partial charge in [-0.25, -0.2) is 0 Å². The molecule has 1 aromatic rings. The maximum Gasteiger partial charge on any atom is 0.275 e. The van der Waals surface area contributed by atoms with Crippen LogP contribution in [0.1, 0.15) is 12.5 Å². The average Bonchev–Trinajstić information content (AvgIpc) is 2.26. The van der Waals surface area contributed by atoms with E-state index in [1.165, 1.54) is 6.07 Å². The summed E-state index contributed by atoms with van der Waals surface area (Å²) in [4.78, 5) is 12.6. The topological polar surface area (TPSA) is 58.4 Å². The van der Waals surface area contributed by atoms with Gasteiger partial charge in [0, 0.05) is 35.8 Å². The van der Waals surface area contributed by atoms with E-state index in [9.17, 15) is 10.1 Å². The third kappa shape index (κ3) is 4.60. The minimum Gasteiger partial charge on any atom is -0.309 e. The summed E-state index contributed by atoms with van der Waals surface area (Å²) in [6.07, 6.45) is 0. The first-order valence-electron chi connectivity index (χ1n) is 5.71. The van der Waals surface area contributed by atoms with Crippen molar-refractivity contribution in [3.05, 3.63) is 38.9 Å². The van der Waals surface area contributed by atoms with Crippen molar-refractivity contribution >= 4 is 17.3 Å². The molecule has 0 bridgehead atoms.